The van der Waals surface area contributed by atoms with Crippen LogP contribution in [-0.2, 0) is 4.79 Å². The maximum atomic E-state index is 10.3. The Balaban J connectivity index is 3.82. The standard InChI is InChI=1S/C6H13NO4/c1-4(6(10)11)7(2)3-5(8)9/h4-5,8-9H,3H2,1-2H3,(H,10,11). The second-order valence-electron chi connectivity index (χ2n) is 2.43. The third kappa shape index (κ3) is 3.92. The Kier molecular flexibility index (Phi) is 4.02. The lowest BCUT2D eigenvalue weighted by molar-refractivity contribution is -0.143. The maximum absolute atomic E-state index is 10.3. The van der Waals surface area contributed by atoms with Crippen molar-refractivity contribution in [1.29, 1.82) is 0 Å². The van der Waals surface area contributed by atoms with Gasteiger partial charge in [-0.25, -0.2) is 0 Å². The van der Waals surface area contributed by atoms with Gasteiger partial charge in [0.1, 0.15) is 6.04 Å². The first-order valence-electron chi connectivity index (χ1n) is 3.24. The summed E-state index contributed by atoms with van der Waals surface area (Å²) in [5.41, 5.74) is 0. The highest BCUT2D eigenvalue weighted by Gasteiger charge is 2.17. The van der Waals surface area contributed by atoms with Crippen molar-refractivity contribution >= 4 is 5.97 Å². The molecule has 0 bridgehead atoms. The van der Waals surface area contributed by atoms with Crippen LogP contribution in [-0.4, -0.2) is 52.1 Å². The lowest BCUT2D eigenvalue weighted by Gasteiger charge is -2.21. The zero-order valence-electron chi connectivity index (χ0n) is 6.56. The number of aliphatic carboxylic acids is 1. The van der Waals surface area contributed by atoms with Gasteiger partial charge in [-0.2, -0.15) is 0 Å². The van der Waals surface area contributed by atoms with E-state index in [1.807, 2.05) is 0 Å². The second kappa shape index (κ2) is 4.27. The Hall–Kier alpha value is -0.650. The second-order valence-corrected chi connectivity index (χ2v) is 2.43. The van der Waals surface area contributed by atoms with Gasteiger partial charge in [0.05, 0.1) is 0 Å². The fourth-order valence-corrected chi connectivity index (χ4v) is 0.604. The molecule has 0 saturated carbocycles. The molecule has 0 aliphatic heterocycles. The Bertz CT molecular complexity index is 137. The molecular weight excluding hydrogens is 150 g/mol. The van der Waals surface area contributed by atoms with Crippen LogP contribution in [0.1, 0.15) is 6.92 Å². The minimum absolute atomic E-state index is 0.0620. The van der Waals surface area contributed by atoms with Gasteiger partial charge in [-0.15, -0.1) is 0 Å². The number of hydrogen-bond donors (Lipinski definition) is 3. The Morgan fingerprint density at radius 1 is 1.55 bits per heavy atom. The summed E-state index contributed by atoms with van der Waals surface area (Å²) >= 11 is 0. The molecule has 0 aromatic carbocycles. The number of carboxylic acids is 1. The molecule has 3 N–H and O–H groups in total. The van der Waals surface area contributed by atoms with Gasteiger partial charge in [0.15, 0.2) is 6.29 Å². The zero-order valence-corrected chi connectivity index (χ0v) is 6.56. The van der Waals surface area contributed by atoms with E-state index in [1.54, 1.807) is 0 Å². The van der Waals surface area contributed by atoms with Crippen molar-refractivity contribution in [1.82, 2.24) is 4.90 Å². The predicted octanol–water partition coefficient (Wildman–Crippen LogP) is -1.30. The van der Waals surface area contributed by atoms with Crippen LogP contribution in [0.4, 0.5) is 0 Å². The number of likely N-dealkylation sites (N-methyl/N-ethyl adjacent to an activating group) is 1. The van der Waals surface area contributed by atoms with Gasteiger partial charge in [-0.3, -0.25) is 9.69 Å². The molecule has 0 heterocycles. The number of carbonyl (C=O) groups is 1. The number of rotatable bonds is 4. The normalized spacial score (nSPS) is 14.0. The molecule has 11 heavy (non-hydrogen) atoms. The number of aliphatic hydroxyl groups excluding tert-OH is 1. The van der Waals surface area contributed by atoms with E-state index < -0.39 is 18.3 Å². The highest BCUT2D eigenvalue weighted by molar-refractivity contribution is 5.72. The molecule has 0 radical (unpaired) electrons. The average Bonchev–Trinajstić information content (AvgIpc) is 1.84. The fraction of sp³-hybridized carbons (Fsp3) is 0.833. The van der Waals surface area contributed by atoms with E-state index in [4.69, 9.17) is 15.3 Å². The van der Waals surface area contributed by atoms with Crippen LogP contribution in [0.15, 0.2) is 0 Å². The minimum Gasteiger partial charge on any atom is -0.480 e. The van der Waals surface area contributed by atoms with Crippen molar-refractivity contribution in [2.24, 2.45) is 0 Å². The molecule has 0 aromatic heterocycles. The summed E-state index contributed by atoms with van der Waals surface area (Å²) in [6.07, 6.45) is -1.48. The van der Waals surface area contributed by atoms with E-state index in [0.29, 0.717) is 0 Å². The van der Waals surface area contributed by atoms with E-state index in [2.05, 4.69) is 0 Å². The van der Waals surface area contributed by atoms with Gasteiger partial charge in [0.2, 0.25) is 0 Å². The third-order valence-corrected chi connectivity index (χ3v) is 1.47. The summed E-state index contributed by atoms with van der Waals surface area (Å²) < 4.78 is 0. The molecule has 1 atom stereocenters. The van der Waals surface area contributed by atoms with Crippen molar-refractivity contribution in [3.8, 4) is 0 Å². The number of nitrogens with zero attached hydrogens (tertiary/aromatic N) is 1. The van der Waals surface area contributed by atoms with Crippen molar-refractivity contribution in [2.75, 3.05) is 13.6 Å². The van der Waals surface area contributed by atoms with Gasteiger partial charge in [-0.1, -0.05) is 0 Å². The predicted molar refractivity (Wildman–Crippen MR) is 38.0 cm³/mol. The van der Waals surface area contributed by atoms with Crippen LogP contribution < -0.4 is 0 Å². The molecule has 0 fully saturated rings. The molecule has 0 amide bonds. The van der Waals surface area contributed by atoms with Crippen LogP contribution in [0, 0.1) is 0 Å². The third-order valence-electron chi connectivity index (χ3n) is 1.47. The van der Waals surface area contributed by atoms with Crippen LogP contribution in [0.3, 0.4) is 0 Å². The molecule has 1 unspecified atom stereocenters. The molecule has 5 heteroatoms. The number of carboxylic acid groups (broad SMARTS) is 1. The van der Waals surface area contributed by atoms with E-state index in [9.17, 15) is 4.79 Å². The highest BCUT2D eigenvalue weighted by Crippen LogP contribution is 1.95. The van der Waals surface area contributed by atoms with Crippen molar-refractivity contribution < 1.29 is 20.1 Å². The minimum atomic E-state index is -1.48. The molecule has 0 spiro atoms. The summed E-state index contributed by atoms with van der Waals surface area (Å²) in [7, 11) is 1.51. The van der Waals surface area contributed by atoms with Crippen LogP contribution in [0.25, 0.3) is 0 Å². The smallest absolute Gasteiger partial charge is 0.320 e. The lowest BCUT2D eigenvalue weighted by Crippen LogP contribution is -2.40. The summed E-state index contributed by atoms with van der Waals surface area (Å²) in [5, 5.41) is 25.4. The highest BCUT2D eigenvalue weighted by atomic mass is 16.5. The molecular formula is C6H13NO4. The first kappa shape index (κ1) is 10.3. The number of hydrogen-bond acceptors (Lipinski definition) is 4. The molecule has 66 valence electrons. The summed E-state index contributed by atoms with van der Waals surface area (Å²) in [5.74, 6) is -0.979. The van der Waals surface area contributed by atoms with E-state index >= 15 is 0 Å². The molecule has 0 aliphatic carbocycles. The van der Waals surface area contributed by atoms with Gasteiger partial charge in [0.25, 0.3) is 0 Å². The van der Waals surface area contributed by atoms with Crippen LogP contribution in [0.2, 0.25) is 0 Å². The van der Waals surface area contributed by atoms with Crippen LogP contribution >= 0.6 is 0 Å². The molecule has 0 rings (SSSR count). The quantitative estimate of drug-likeness (QED) is 0.449. The van der Waals surface area contributed by atoms with E-state index in [0.717, 1.165) is 0 Å². The molecule has 0 aliphatic rings. The number of aliphatic hydroxyl groups is 2. The summed E-state index contributed by atoms with van der Waals surface area (Å²) in [6.45, 7) is 1.41. The average molecular weight is 163 g/mol. The first-order chi connectivity index (χ1) is 4.95. The van der Waals surface area contributed by atoms with E-state index in [-0.39, 0.29) is 6.54 Å². The first-order valence-corrected chi connectivity index (χ1v) is 3.24. The monoisotopic (exact) mass is 163 g/mol. The van der Waals surface area contributed by atoms with Crippen molar-refractivity contribution in [2.45, 2.75) is 19.3 Å². The van der Waals surface area contributed by atoms with Crippen molar-refractivity contribution in [3.63, 3.8) is 0 Å². The summed E-state index contributed by atoms with van der Waals surface area (Å²) in [4.78, 5) is 11.7. The largest absolute Gasteiger partial charge is 0.480 e. The molecule has 5 nitrogen and oxygen atoms in total. The Morgan fingerprint density at radius 2 is 2.00 bits per heavy atom. The SMILES string of the molecule is CC(C(=O)O)N(C)CC(O)O. The van der Waals surface area contributed by atoms with E-state index in [1.165, 1.54) is 18.9 Å². The summed E-state index contributed by atoms with van der Waals surface area (Å²) in [6, 6.07) is -0.697. The van der Waals surface area contributed by atoms with Gasteiger partial charge in [0, 0.05) is 6.54 Å². The Labute approximate surface area is 64.9 Å². The lowest BCUT2D eigenvalue weighted by atomic mass is 10.3. The fourth-order valence-electron chi connectivity index (χ4n) is 0.604. The molecule has 0 aromatic rings. The molecule has 0 saturated heterocycles. The van der Waals surface area contributed by atoms with Gasteiger partial charge < -0.3 is 15.3 Å². The topological polar surface area (TPSA) is 81.0 Å². The van der Waals surface area contributed by atoms with Crippen molar-refractivity contribution in [3.05, 3.63) is 0 Å². The maximum Gasteiger partial charge on any atom is 0.320 e. The van der Waals surface area contributed by atoms with Crippen LogP contribution in [0.5, 0.6) is 0 Å². The van der Waals surface area contributed by atoms with Gasteiger partial charge >= 0.3 is 5.97 Å². The zero-order chi connectivity index (χ0) is 9.02. The van der Waals surface area contributed by atoms with Gasteiger partial charge in [-0.05, 0) is 14.0 Å². The Morgan fingerprint density at radius 3 is 2.27 bits per heavy atom.